The summed E-state index contributed by atoms with van der Waals surface area (Å²) in [6.07, 6.45) is 1.21. The molecule has 0 spiro atoms. The second-order valence-electron chi connectivity index (χ2n) is 4.36. The van der Waals surface area contributed by atoms with Gasteiger partial charge in [0.05, 0.1) is 5.69 Å². The summed E-state index contributed by atoms with van der Waals surface area (Å²) in [7, 11) is 0. The van der Waals surface area contributed by atoms with Gasteiger partial charge in [-0.25, -0.2) is 0 Å². The number of rotatable bonds is 1. The van der Waals surface area contributed by atoms with Gasteiger partial charge in [-0.1, -0.05) is 26.0 Å². The summed E-state index contributed by atoms with van der Waals surface area (Å²) in [4.78, 5) is 0. The first kappa shape index (κ1) is 10.0. The van der Waals surface area contributed by atoms with Crippen LogP contribution in [0, 0.1) is 11.8 Å². The van der Waals surface area contributed by atoms with Crippen molar-refractivity contribution >= 4 is 21.6 Å². The molecule has 2 rings (SSSR count). The fourth-order valence-corrected chi connectivity index (χ4v) is 2.54. The van der Waals surface area contributed by atoms with E-state index < -0.39 is 0 Å². The van der Waals surface area contributed by atoms with Crippen LogP contribution in [0.15, 0.2) is 22.7 Å². The summed E-state index contributed by atoms with van der Waals surface area (Å²) in [6.45, 7) is 5.71. The van der Waals surface area contributed by atoms with Crippen LogP contribution in [0.4, 0.5) is 5.69 Å². The molecule has 0 saturated heterocycles. The number of benzene rings is 1. The minimum absolute atomic E-state index is 0.759. The maximum absolute atomic E-state index is 3.58. The molecule has 0 aromatic heterocycles. The van der Waals surface area contributed by atoms with Gasteiger partial charge in [0.1, 0.15) is 0 Å². The SMILES string of the molecule is CC(C)C1CNc2c(Br)cccc2C1. The minimum atomic E-state index is 0.759. The van der Waals surface area contributed by atoms with Crippen molar-refractivity contribution in [2.75, 3.05) is 11.9 Å². The van der Waals surface area contributed by atoms with Crippen LogP contribution in [0.5, 0.6) is 0 Å². The van der Waals surface area contributed by atoms with E-state index in [2.05, 4.69) is 53.3 Å². The van der Waals surface area contributed by atoms with Gasteiger partial charge in [-0.2, -0.15) is 0 Å². The van der Waals surface area contributed by atoms with Crippen molar-refractivity contribution in [2.45, 2.75) is 20.3 Å². The van der Waals surface area contributed by atoms with Crippen molar-refractivity contribution in [3.8, 4) is 0 Å². The third kappa shape index (κ3) is 1.81. The van der Waals surface area contributed by atoms with Gasteiger partial charge in [0.2, 0.25) is 0 Å². The topological polar surface area (TPSA) is 12.0 Å². The molecule has 1 unspecified atom stereocenters. The summed E-state index contributed by atoms with van der Waals surface area (Å²) in [6, 6.07) is 6.44. The third-order valence-corrected chi connectivity index (χ3v) is 3.73. The zero-order valence-corrected chi connectivity index (χ0v) is 10.3. The van der Waals surface area contributed by atoms with E-state index in [1.165, 1.54) is 22.1 Å². The van der Waals surface area contributed by atoms with Crippen molar-refractivity contribution in [3.63, 3.8) is 0 Å². The molecule has 1 N–H and O–H groups in total. The van der Waals surface area contributed by atoms with E-state index in [0.29, 0.717) is 0 Å². The Morgan fingerprint density at radius 3 is 2.93 bits per heavy atom. The quantitative estimate of drug-likeness (QED) is 0.805. The second-order valence-corrected chi connectivity index (χ2v) is 5.22. The minimum Gasteiger partial charge on any atom is -0.384 e. The Kier molecular flexibility index (Phi) is 2.82. The lowest BCUT2D eigenvalue weighted by atomic mass is 9.86. The van der Waals surface area contributed by atoms with E-state index in [4.69, 9.17) is 0 Å². The molecular weight excluding hydrogens is 238 g/mol. The van der Waals surface area contributed by atoms with Gasteiger partial charge in [0.25, 0.3) is 0 Å². The first-order valence-corrected chi connectivity index (χ1v) is 5.99. The Hall–Kier alpha value is -0.500. The average Bonchev–Trinajstić information content (AvgIpc) is 2.17. The van der Waals surface area contributed by atoms with Crippen molar-refractivity contribution in [1.82, 2.24) is 0 Å². The number of hydrogen-bond donors (Lipinski definition) is 1. The highest BCUT2D eigenvalue weighted by atomic mass is 79.9. The Balaban J connectivity index is 2.27. The van der Waals surface area contributed by atoms with Gasteiger partial charge in [0.15, 0.2) is 0 Å². The van der Waals surface area contributed by atoms with Gasteiger partial charge in [-0.15, -0.1) is 0 Å². The highest BCUT2D eigenvalue weighted by Gasteiger charge is 2.21. The Bertz CT molecular complexity index is 333. The molecule has 1 atom stereocenters. The predicted molar refractivity (Wildman–Crippen MR) is 64.7 cm³/mol. The van der Waals surface area contributed by atoms with Crippen molar-refractivity contribution in [3.05, 3.63) is 28.2 Å². The van der Waals surface area contributed by atoms with Crippen LogP contribution in [-0.4, -0.2) is 6.54 Å². The van der Waals surface area contributed by atoms with Crippen molar-refractivity contribution in [1.29, 1.82) is 0 Å². The number of hydrogen-bond acceptors (Lipinski definition) is 1. The molecule has 1 aliphatic heterocycles. The van der Waals surface area contributed by atoms with Crippen LogP contribution in [0.1, 0.15) is 19.4 Å². The smallest absolute Gasteiger partial charge is 0.0517 e. The predicted octanol–water partition coefficient (Wildman–Crippen LogP) is 3.69. The Morgan fingerprint density at radius 2 is 2.21 bits per heavy atom. The molecule has 1 heterocycles. The Morgan fingerprint density at radius 1 is 1.43 bits per heavy atom. The standard InChI is InChI=1S/C12H16BrN/c1-8(2)10-6-9-4-3-5-11(13)12(9)14-7-10/h3-5,8,10,14H,6-7H2,1-2H3. The number of anilines is 1. The molecular formula is C12H16BrN. The summed E-state index contributed by atoms with van der Waals surface area (Å²) >= 11 is 3.58. The number of nitrogens with one attached hydrogen (secondary N) is 1. The van der Waals surface area contributed by atoms with Crippen LogP contribution in [0.25, 0.3) is 0 Å². The fraction of sp³-hybridized carbons (Fsp3) is 0.500. The number of para-hydroxylation sites is 1. The second kappa shape index (κ2) is 3.93. The number of halogens is 1. The molecule has 0 bridgehead atoms. The van der Waals surface area contributed by atoms with Crippen LogP contribution in [0.3, 0.4) is 0 Å². The third-order valence-electron chi connectivity index (χ3n) is 3.07. The first-order chi connectivity index (χ1) is 6.68. The molecule has 0 amide bonds. The molecule has 1 nitrogen and oxygen atoms in total. The molecule has 76 valence electrons. The van der Waals surface area contributed by atoms with Gasteiger partial charge in [-0.05, 0) is 45.8 Å². The van der Waals surface area contributed by atoms with Gasteiger partial charge in [0, 0.05) is 11.0 Å². The molecule has 1 aliphatic rings. The van der Waals surface area contributed by atoms with Gasteiger partial charge >= 0.3 is 0 Å². The van der Waals surface area contributed by atoms with Crippen LogP contribution >= 0.6 is 15.9 Å². The summed E-state index contributed by atoms with van der Waals surface area (Å²) < 4.78 is 1.19. The van der Waals surface area contributed by atoms with Crippen LogP contribution in [-0.2, 0) is 6.42 Å². The molecule has 0 aliphatic carbocycles. The van der Waals surface area contributed by atoms with E-state index in [0.717, 1.165) is 18.4 Å². The zero-order valence-electron chi connectivity index (χ0n) is 8.68. The molecule has 0 saturated carbocycles. The van der Waals surface area contributed by atoms with Crippen molar-refractivity contribution in [2.24, 2.45) is 11.8 Å². The van der Waals surface area contributed by atoms with E-state index in [9.17, 15) is 0 Å². The van der Waals surface area contributed by atoms with Crippen molar-refractivity contribution < 1.29 is 0 Å². The van der Waals surface area contributed by atoms with Gasteiger partial charge in [-0.3, -0.25) is 0 Å². The monoisotopic (exact) mass is 253 g/mol. The Labute approximate surface area is 94.0 Å². The molecule has 0 radical (unpaired) electrons. The maximum Gasteiger partial charge on any atom is 0.0517 e. The highest BCUT2D eigenvalue weighted by molar-refractivity contribution is 9.10. The fourth-order valence-electron chi connectivity index (χ4n) is 2.00. The lowest BCUT2D eigenvalue weighted by molar-refractivity contribution is 0.393. The van der Waals surface area contributed by atoms with Gasteiger partial charge < -0.3 is 5.32 Å². The normalized spacial score (nSPS) is 20.4. The lowest BCUT2D eigenvalue weighted by Gasteiger charge is -2.29. The highest BCUT2D eigenvalue weighted by Crippen LogP contribution is 2.33. The largest absolute Gasteiger partial charge is 0.384 e. The zero-order chi connectivity index (χ0) is 10.1. The molecule has 0 fully saturated rings. The van der Waals surface area contributed by atoms with E-state index in [1.807, 2.05) is 0 Å². The summed E-state index contributed by atoms with van der Waals surface area (Å²) in [5.74, 6) is 1.53. The van der Waals surface area contributed by atoms with E-state index >= 15 is 0 Å². The molecule has 14 heavy (non-hydrogen) atoms. The molecule has 1 aromatic rings. The molecule has 1 aromatic carbocycles. The van der Waals surface area contributed by atoms with E-state index in [-0.39, 0.29) is 0 Å². The summed E-state index contributed by atoms with van der Waals surface area (Å²) in [5, 5.41) is 3.52. The van der Waals surface area contributed by atoms with Crippen LogP contribution in [0.2, 0.25) is 0 Å². The average molecular weight is 254 g/mol. The summed E-state index contributed by atoms with van der Waals surface area (Å²) in [5.41, 5.74) is 2.74. The maximum atomic E-state index is 3.58. The lowest BCUT2D eigenvalue weighted by Crippen LogP contribution is -2.27. The van der Waals surface area contributed by atoms with Crippen LogP contribution < -0.4 is 5.32 Å². The number of fused-ring (bicyclic) bond motifs is 1. The molecule has 2 heteroatoms. The first-order valence-electron chi connectivity index (χ1n) is 5.19. The van der Waals surface area contributed by atoms with E-state index in [1.54, 1.807) is 0 Å².